The van der Waals surface area contributed by atoms with Gasteiger partial charge in [-0.1, -0.05) is 12.1 Å². The molecule has 0 aliphatic carbocycles. The van der Waals surface area contributed by atoms with Crippen LogP contribution in [0, 0.1) is 5.92 Å². The summed E-state index contributed by atoms with van der Waals surface area (Å²) in [4.78, 5) is 13.9. The highest BCUT2D eigenvalue weighted by Gasteiger charge is 2.28. The van der Waals surface area contributed by atoms with E-state index in [0.717, 1.165) is 30.8 Å². The van der Waals surface area contributed by atoms with Crippen LogP contribution in [0.15, 0.2) is 24.3 Å². The van der Waals surface area contributed by atoms with E-state index in [0.29, 0.717) is 18.3 Å². The maximum atomic E-state index is 11.9. The Hall–Kier alpha value is -1.82. The van der Waals surface area contributed by atoms with Crippen LogP contribution < -0.4 is 10.1 Å². The van der Waals surface area contributed by atoms with Crippen LogP contribution in [0.4, 0.5) is 5.69 Å². The standard InChI is InChI=1S/C16H22N2O3S/c1-3-21-15(19)12-7-6-10-18(11-12)16(22)17-13-8-4-5-9-14(13)20-2/h4-5,8-9,12H,3,6-7,10-11H2,1-2H3,(H,17,22)/t12-/m1/s1. The van der Waals surface area contributed by atoms with E-state index >= 15 is 0 Å². The molecule has 1 aromatic rings. The largest absolute Gasteiger partial charge is 0.495 e. The molecule has 1 aliphatic rings. The van der Waals surface area contributed by atoms with Gasteiger partial charge in [0, 0.05) is 13.1 Å². The van der Waals surface area contributed by atoms with E-state index < -0.39 is 0 Å². The summed E-state index contributed by atoms with van der Waals surface area (Å²) in [5.41, 5.74) is 0.827. The Morgan fingerprint density at radius 1 is 1.45 bits per heavy atom. The van der Waals surface area contributed by atoms with Crippen molar-refractivity contribution >= 4 is 29.0 Å². The first-order valence-electron chi connectivity index (χ1n) is 7.51. The van der Waals surface area contributed by atoms with E-state index in [4.69, 9.17) is 21.7 Å². The van der Waals surface area contributed by atoms with Gasteiger partial charge >= 0.3 is 5.97 Å². The number of piperidine rings is 1. The summed E-state index contributed by atoms with van der Waals surface area (Å²) in [6.45, 7) is 3.68. The minimum Gasteiger partial charge on any atom is -0.495 e. The van der Waals surface area contributed by atoms with E-state index in [-0.39, 0.29) is 11.9 Å². The van der Waals surface area contributed by atoms with Crippen molar-refractivity contribution < 1.29 is 14.3 Å². The van der Waals surface area contributed by atoms with Gasteiger partial charge in [-0.25, -0.2) is 0 Å². The van der Waals surface area contributed by atoms with Gasteiger partial charge in [-0.15, -0.1) is 0 Å². The Morgan fingerprint density at radius 2 is 2.23 bits per heavy atom. The number of anilines is 1. The second-order valence-electron chi connectivity index (χ2n) is 5.17. The molecule has 120 valence electrons. The number of methoxy groups -OCH3 is 1. The van der Waals surface area contributed by atoms with E-state index in [9.17, 15) is 4.79 Å². The molecular formula is C16H22N2O3S. The van der Waals surface area contributed by atoms with Gasteiger partial charge in [0.2, 0.25) is 0 Å². The van der Waals surface area contributed by atoms with Crippen molar-refractivity contribution in [2.24, 2.45) is 5.92 Å². The number of likely N-dealkylation sites (tertiary alicyclic amines) is 1. The van der Waals surface area contributed by atoms with Gasteiger partial charge in [-0.05, 0) is 44.1 Å². The van der Waals surface area contributed by atoms with Crippen LogP contribution in [0.5, 0.6) is 5.75 Å². The molecule has 1 saturated heterocycles. The Morgan fingerprint density at radius 3 is 2.95 bits per heavy atom. The van der Waals surface area contributed by atoms with Gasteiger partial charge in [0.15, 0.2) is 5.11 Å². The normalized spacial score (nSPS) is 17.7. The number of nitrogens with one attached hydrogen (secondary N) is 1. The number of carbonyl (C=O) groups excluding carboxylic acids is 1. The minimum atomic E-state index is -0.132. The van der Waals surface area contributed by atoms with E-state index in [1.807, 2.05) is 36.1 Å². The number of para-hydroxylation sites is 2. The molecule has 0 aromatic heterocycles. The number of rotatable bonds is 4. The van der Waals surface area contributed by atoms with Crippen LogP contribution in [-0.4, -0.2) is 42.8 Å². The van der Waals surface area contributed by atoms with Crippen molar-refractivity contribution in [3.05, 3.63) is 24.3 Å². The van der Waals surface area contributed by atoms with E-state index in [2.05, 4.69) is 5.32 Å². The van der Waals surface area contributed by atoms with Crippen molar-refractivity contribution in [2.45, 2.75) is 19.8 Å². The van der Waals surface area contributed by atoms with Crippen LogP contribution in [0.1, 0.15) is 19.8 Å². The molecule has 0 bridgehead atoms. The highest BCUT2D eigenvalue weighted by molar-refractivity contribution is 7.80. The number of carbonyl (C=O) groups is 1. The second-order valence-corrected chi connectivity index (χ2v) is 5.55. The summed E-state index contributed by atoms with van der Waals surface area (Å²) in [6, 6.07) is 7.62. The molecule has 1 aliphatic heterocycles. The molecule has 0 amide bonds. The highest BCUT2D eigenvalue weighted by Crippen LogP contribution is 2.25. The quantitative estimate of drug-likeness (QED) is 0.679. The number of esters is 1. The zero-order valence-electron chi connectivity index (χ0n) is 13.0. The summed E-state index contributed by atoms with van der Waals surface area (Å²) < 4.78 is 10.4. The average molecular weight is 322 g/mol. The summed E-state index contributed by atoms with van der Waals surface area (Å²) in [7, 11) is 1.63. The lowest BCUT2D eigenvalue weighted by atomic mass is 9.98. The smallest absolute Gasteiger partial charge is 0.310 e. The predicted octanol–water partition coefficient (Wildman–Crippen LogP) is 2.67. The maximum absolute atomic E-state index is 11.9. The molecule has 0 unspecified atom stereocenters. The molecule has 22 heavy (non-hydrogen) atoms. The van der Waals surface area contributed by atoms with Crippen molar-refractivity contribution in [1.29, 1.82) is 0 Å². The van der Waals surface area contributed by atoms with Gasteiger partial charge in [0.05, 0.1) is 25.3 Å². The molecule has 1 N–H and O–H groups in total. The predicted molar refractivity (Wildman–Crippen MR) is 90.1 cm³/mol. The Kier molecular flexibility index (Phi) is 6.00. The monoisotopic (exact) mass is 322 g/mol. The third-order valence-electron chi connectivity index (χ3n) is 3.68. The Labute approximate surface area is 136 Å². The van der Waals surface area contributed by atoms with E-state index in [1.54, 1.807) is 7.11 Å². The molecular weight excluding hydrogens is 300 g/mol. The van der Waals surface area contributed by atoms with Crippen LogP contribution >= 0.6 is 12.2 Å². The lowest BCUT2D eigenvalue weighted by Gasteiger charge is -2.33. The van der Waals surface area contributed by atoms with Gasteiger partial charge < -0.3 is 19.7 Å². The number of nitrogens with zero attached hydrogens (tertiary/aromatic N) is 1. The number of thiocarbonyl (C=S) groups is 1. The molecule has 0 spiro atoms. The zero-order valence-corrected chi connectivity index (χ0v) is 13.8. The fourth-order valence-electron chi connectivity index (χ4n) is 2.56. The van der Waals surface area contributed by atoms with Gasteiger partial charge in [0.1, 0.15) is 5.75 Å². The Balaban J connectivity index is 1.98. The van der Waals surface area contributed by atoms with Gasteiger partial charge in [-0.3, -0.25) is 4.79 Å². The molecule has 1 fully saturated rings. The average Bonchev–Trinajstić information content (AvgIpc) is 2.55. The van der Waals surface area contributed by atoms with Crippen molar-refractivity contribution in [3.63, 3.8) is 0 Å². The highest BCUT2D eigenvalue weighted by atomic mass is 32.1. The second kappa shape index (κ2) is 7.98. The number of hydrogen-bond donors (Lipinski definition) is 1. The van der Waals surface area contributed by atoms with Crippen LogP contribution in [0.3, 0.4) is 0 Å². The summed E-state index contributed by atoms with van der Waals surface area (Å²) in [5, 5.41) is 3.81. The first-order valence-corrected chi connectivity index (χ1v) is 7.92. The third kappa shape index (κ3) is 4.10. The fourth-order valence-corrected chi connectivity index (χ4v) is 2.83. The molecule has 5 nitrogen and oxygen atoms in total. The van der Waals surface area contributed by atoms with Crippen molar-refractivity contribution in [2.75, 3.05) is 32.1 Å². The summed E-state index contributed by atoms with van der Waals surface area (Å²) >= 11 is 5.47. The van der Waals surface area contributed by atoms with Crippen LogP contribution in [0.2, 0.25) is 0 Å². The van der Waals surface area contributed by atoms with Crippen LogP contribution in [0.25, 0.3) is 0 Å². The Bertz CT molecular complexity index is 536. The molecule has 1 aromatic carbocycles. The molecule has 1 atom stereocenters. The molecule has 0 saturated carbocycles. The van der Waals surface area contributed by atoms with Crippen molar-refractivity contribution in [3.8, 4) is 5.75 Å². The first kappa shape index (κ1) is 16.5. The summed E-state index contributed by atoms with van der Waals surface area (Å²) in [6.07, 6.45) is 1.78. The minimum absolute atomic E-state index is 0.105. The third-order valence-corrected chi connectivity index (χ3v) is 4.04. The summed E-state index contributed by atoms with van der Waals surface area (Å²) in [5.74, 6) is 0.502. The lowest BCUT2D eigenvalue weighted by Crippen LogP contribution is -2.44. The molecule has 6 heteroatoms. The maximum Gasteiger partial charge on any atom is 0.310 e. The molecule has 0 radical (unpaired) electrons. The lowest BCUT2D eigenvalue weighted by molar-refractivity contribution is -0.149. The fraction of sp³-hybridized carbons (Fsp3) is 0.500. The number of benzene rings is 1. The van der Waals surface area contributed by atoms with Crippen LogP contribution in [-0.2, 0) is 9.53 Å². The molecule has 2 rings (SSSR count). The molecule has 1 heterocycles. The SMILES string of the molecule is CCOC(=O)[C@@H]1CCCN(C(=S)Nc2ccccc2OC)C1. The van der Waals surface area contributed by atoms with Gasteiger partial charge in [-0.2, -0.15) is 0 Å². The number of ether oxygens (including phenoxy) is 2. The van der Waals surface area contributed by atoms with Gasteiger partial charge in [0.25, 0.3) is 0 Å². The number of hydrogen-bond acceptors (Lipinski definition) is 4. The van der Waals surface area contributed by atoms with Crippen molar-refractivity contribution in [1.82, 2.24) is 4.90 Å². The van der Waals surface area contributed by atoms with E-state index in [1.165, 1.54) is 0 Å². The zero-order chi connectivity index (χ0) is 15.9. The topological polar surface area (TPSA) is 50.8 Å². The first-order chi connectivity index (χ1) is 10.7.